The molecule has 100 valence electrons. The lowest BCUT2D eigenvalue weighted by Gasteiger charge is -2.15. The van der Waals surface area contributed by atoms with Crippen LogP contribution in [0, 0.1) is 0 Å². The number of nitrogens with zero attached hydrogens (tertiary/aromatic N) is 1. The fourth-order valence-electron chi connectivity index (χ4n) is 2.22. The third-order valence-corrected chi connectivity index (χ3v) is 4.74. The highest BCUT2D eigenvalue weighted by Crippen LogP contribution is 2.21. The van der Waals surface area contributed by atoms with E-state index in [0.29, 0.717) is 10.6 Å². The van der Waals surface area contributed by atoms with Gasteiger partial charge < -0.3 is 10.2 Å². The molecule has 1 aliphatic rings. The molecule has 5 nitrogen and oxygen atoms in total. The molecule has 1 saturated heterocycles. The summed E-state index contributed by atoms with van der Waals surface area (Å²) in [6.45, 7) is 1.70. The first kappa shape index (κ1) is 13.3. The van der Waals surface area contributed by atoms with Crippen LogP contribution < -0.4 is 10.0 Å². The van der Waals surface area contributed by atoms with E-state index in [9.17, 15) is 8.42 Å². The Morgan fingerprint density at radius 2 is 2.06 bits per heavy atom. The summed E-state index contributed by atoms with van der Waals surface area (Å²) in [7, 11) is 0.267. The number of benzene rings is 1. The van der Waals surface area contributed by atoms with E-state index >= 15 is 0 Å². The first-order valence-corrected chi connectivity index (χ1v) is 7.49. The van der Waals surface area contributed by atoms with Crippen molar-refractivity contribution in [3.63, 3.8) is 0 Å². The molecule has 1 aromatic rings. The number of likely N-dealkylation sites (N-methyl/N-ethyl adjacent to an activating group) is 1. The number of para-hydroxylation sites is 1. The number of rotatable bonds is 4. The molecule has 0 spiro atoms. The molecule has 1 aromatic carbocycles. The van der Waals surface area contributed by atoms with Crippen molar-refractivity contribution in [3.05, 3.63) is 24.3 Å². The van der Waals surface area contributed by atoms with E-state index in [1.807, 2.05) is 13.1 Å². The van der Waals surface area contributed by atoms with Crippen molar-refractivity contribution in [3.8, 4) is 0 Å². The SMILES string of the molecule is CNc1ccccc1S(=O)(=O)NC1CCN(C)C1. The molecule has 6 heteroatoms. The number of nitrogens with one attached hydrogen (secondary N) is 2. The Hall–Kier alpha value is -1.11. The number of sulfonamides is 1. The Morgan fingerprint density at radius 3 is 2.67 bits per heavy atom. The summed E-state index contributed by atoms with van der Waals surface area (Å²) < 4.78 is 27.4. The van der Waals surface area contributed by atoms with Gasteiger partial charge in [-0.15, -0.1) is 0 Å². The van der Waals surface area contributed by atoms with Gasteiger partial charge in [-0.05, 0) is 32.1 Å². The Kier molecular flexibility index (Phi) is 3.89. The molecule has 1 atom stereocenters. The first-order valence-electron chi connectivity index (χ1n) is 6.00. The summed E-state index contributed by atoms with van der Waals surface area (Å²) in [5, 5.41) is 2.91. The molecule has 1 unspecified atom stereocenters. The van der Waals surface area contributed by atoms with Gasteiger partial charge in [-0.1, -0.05) is 12.1 Å². The van der Waals surface area contributed by atoms with E-state index in [1.165, 1.54) is 0 Å². The van der Waals surface area contributed by atoms with Crippen molar-refractivity contribution in [1.82, 2.24) is 9.62 Å². The van der Waals surface area contributed by atoms with Crippen LogP contribution in [0.4, 0.5) is 5.69 Å². The highest BCUT2D eigenvalue weighted by molar-refractivity contribution is 7.89. The zero-order chi connectivity index (χ0) is 13.2. The lowest BCUT2D eigenvalue weighted by molar-refractivity contribution is 0.407. The third kappa shape index (κ3) is 2.82. The van der Waals surface area contributed by atoms with E-state index in [-0.39, 0.29) is 6.04 Å². The topological polar surface area (TPSA) is 61.4 Å². The fraction of sp³-hybridized carbons (Fsp3) is 0.500. The number of hydrogen-bond acceptors (Lipinski definition) is 4. The van der Waals surface area contributed by atoms with Gasteiger partial charge in [0.15, 0.2) is 0 Å². The first-order chi connectivity index (χ1) is 8.53. The Morgan fingerprint density at radius 1 is 1.33 bits per heavy atom. The molecule has 1 heterocycles. The highest BCUT2D eigenvalue weighted by Gasteiger charge is 2.26. The van der Waals surface area contributed by atoms with Gasteiger partial charge in [0, 0.05) is 19.6 Å². The summed E-state index contributed by atoms with van der Waals surface area (Å²) >= 11 is 0. The lowest BCUT2D eigenvalue weighted by Crippen LogP contribution is -2.36. The van der Waals surface area contributed by atoms with Crippen LogP contribution in [0.1, 0.15) is 6.42 Å². The van der Waals surface area contributed by atoms with Crippen molar-refractivity contribution in [2.45, 2.75) is 17.4 Å². The van der Waals surface area contributed by atoms with E-state index in [0.717, 1.165) is 19.5 Å². The highest BCUT2D eigenvalue weighted by atomic mass is 32.2. The maximum atomic E-state index is 12.3. The van der Waals surface area contributed by atoms with Gasteiger partial charge in [0.2, 0.25) is 10.0 Å². The summed E-state index contributed by atoms with van der Waals surface area (Å²) in [6.07, 6.45) is 0.859. The molecule has 1 aliphatic heterocycles. The fourth-order valence-corrected chi connectivity index (χ4v) is 3.70. The second-order valence-electron chi connectivity index (χ2n) is 4.62. The predicted octanol–water partition coefficient (Wildman–Crippen LogP) is 0.711. The molecule has 2 rings (SSSR count). The minimum atomic E-state index is -3.45. The minimum absolute atomic E-state index is 0.00455. The second kappa shape index (κ2) is 5.26. The van der Waals surface area contributed by atoms with Gasteiger partial charge in [0.1, 0.15) is 4.90 Å². The Bertz CT molecular complexity index is 516. The normalized spacial score (nSPS) is 21.1. The number of anilines is 1. The lowest BCUT2D eigenvalue weighted by atomic mass is 10.3. The molecule has 0 bridgehead atoms. The van der Waals surface area contributed by atoms with Gasteiger partial charge in [0.25, 0.3) is 0 Å². The van der Waals surface area contributed by atoms with Crippen LogP contribution >= 0.6 is 0 Å². The minimum Gasteiger partial charge on any atom is -0.387 e. The van der Waals surface area contributed by atoms with E-state index < -0.39 is 10.0 Å². The molecule has 0 aliphatic carbocycles. The Balaban J connectivity index is 2.20. The van der Waals surface area contributed by atoms with Crippen LogP contribution in [-0.2, 0) is 10.0 Å². The van der Waals surface area contributed by atoms with E-state index in [2.05, 4.69) is 14.9 Å². The molecule has 18 heavy (non-hydrogen) atoms. The van der Waals surface area contributed by atoms with Gasteiger partial charge >= 0.3 is 0 Å². The van der Waals surface area contributed by atoms with Crippen LogP contribution in [0.3, 0.4) is 0 Å². The van der Waals surface area contributed by atoms with E-state index in [1.54, 1.807) is 25.2 Å². The molecular weight excluding hydrogens is 250 g/mol. The molecule has 0 amide bonds. The average molecular weight is 269 g/mol. The van der Waals surface area contributed by atoms with E-state index in [4.69, 9.17) is 0 Å². The molecule has 1 fully saturated rings. The van der Waals surface area contributed by atoms with Crippen LogP contribution in [0.15, 0.2) is 29.2 Å². The maximum Gasteiger partial charge on any atom is 0.242 e. The van der Waals surface area contributed by atoms with Crippen molar-refractivity contribution in [1.29, 1.82) is 0 Å². The van der Waals surface area contributed by atoms with Crippen LogP contribution in [-0.4, -0.2) is 46.5 Å². The number of likely N-dealkylation sites (tertiary alicyclic amines) is 1. The average Bonchev–Trinajstić information content (AvgIpc) is 2.74. The third-order valence-electron chi connectivity index (χ3n) is 3.16. The molecule has 2 N–H and O–H groups in total. The zero-order valence-electron chi connectivity index (χ0n) is 10.7. The number of hydrogen-bond donors (Lipinski definition) is 2. The van der Waals surface area contributed by atoms with Gasteiger partial charge in [-0.3, -0.25) is 0 Å². The summed E-state index contributed by atoms with van der Waals surface area (Å²) in [6, 6.07) is 6.93. The summed E-state index contributed by atoms with van der Waals surface area (Å²) in [5.41, 5.74) is 0.622. The quantitative estimate of drug-likeness (QED) is 0.845. The van der Waals surface area contributed by atoms with Crippen molar-refractivity contribution in [2.75, 3.05) is 32.5 Å². The largest absolute Gasteiger partial charge is 0.387 e. The second-order valence-corrected chi connectivity index (χ2v) is 6.30. The standard InChI is InChI=1S/C12H19N3O2S/c1-13-11-5-3-4-6-12(11)18(16,17)14-10-7-8-15(2)9-10/h3-6,10,13-14H,7-9H2,1-2H3. The van der Waals surface area contributed by atoms with Gasteiger partial charge in [0.05, 0.1) is 5.69 Å². The van der Waals surface area contributed by atoms with Gasteiger partial charge in [-0.25, -0.2) is 13.1 Å². The van der Waals surface area contributed by atoms with Crippen molar-refractivity contribution >= 4 is 15.7 Å². The van der Waals surface area contributed by atoms with Crippen LogP contribution in [0.25, 0.3) is 0 Å². The maximum absolute atomic E-state index is 12.3. The molecule has 0 saturated carbocycles. The van der Waals surface area contributed by atoms with Crippen LogP contribution in [0.5, 0.6) is 0 Å². The summed E-state index contributed by atoms with van der Waals surface area (Å²) in [5.74, 6) is 0. The monoisotopic (exact) mass is 269 g/mol. The predicted molar refractivity (Wildman–Crippen MR) is 72.2 cm³/mol. The molecule has 0 radical (unpaired) electrons. The van der Waals surface area contributed by atoms with Crippen molar-refractivity contribution in [2.24, 2.45) is 0 Å². The van der Waals surface area contributed by atoms with Gasteiger partial charge in [-0.2, -0.15) is 0 Å². The summed E-state index contributed by atoms with van der Waals surface area (Å²) in [4.78, 5) is 2.43. The smallest absolute Gasteiger partial charge is 0.242 e. The van der Waals surface area contributed by atoms with Crippen molar-refractivity contribution < 1.29 is 8.42 Å². The van der Waals surface area contributed by atoms with Crippen LogP contribution in [0.2, 0.25) is 0 Å². The Labute approximate surface area is 108 Å². The zero-order valence-corrected chi connectivity index (χ0v) is 11.5. The molecule has 0 aromatic heterocycles. The molecular formula is C12H19N3O2S.